The summed E-state index contributed by atoms with van der Waals surface area (Å²) in [6.45, 7) is 0.689. The van der Waals surface area contributed by atoms with Crippen molar-refractivity contribution in [1.82, 2.24) is 15.2 Å². The van der Waals surface area contributed by atoms with Gasteiger partial charge in [-0.1, -0.05) is 19.3 Å². The first kappa shape index (κ1) is 10.3. The Bertz CT molecular complexity index is 355. The zero-order valence-corrected chi connectivity index (χ0v) is 9.71. The maximum Gasteiger partial charge on any atom is 0.158 e. The van der Waals surface area contributed by atoms with Gasteiger partial charge in [0.15, 0.2) is 5.82 Å². The van der Waals surface area contributed by atoms with E-state index in [4.69, 9.17) is 10.7 Å². The van der Waals surface area contributed by atoms with Gasteiger partial charge >= 0.3 is 0 Å². The van der Waals surface area contributed by atoms with Gasteiger partial charge in [0, 0.05) is 17.9 Å². The monoisotopic (exact) mass is 220 g/mol. The molecule has 1 heterocycles. The summed E-state index contributed by atoms with van der Waals surface area (Å²) in [6, 6.07) is 0. The molecule has 4 heteroatoms. The van der Waals surface area contributed by atoms with E-state index in [1.807, 2.05) is 0 Å². The molecule has 4 nitrogen and oxygen atoms in total. The van der Waals surface area contributed by atoms with E-state index in [1.165, 1.54) is 32.1 Å². The van der Waals surface area contributed by atoms with E-state index in [0.717, 1.165) is 24.5 Å². The van der Waals surface area contributed by atoms with E-state index < -0.39 is 0 Å². The summed E-state index contributed by atoms with van der Waals surface area (Å²) in [7, 11) is 0. The Hall–Kier alpha value is -0.900. The molecular weight excluding hydrogens is 200 g/mol. The molecule has 2 aliphatic rings. The van der Waals surface area contributed by atoms with Crippen molar-refractivity contribution >= 4 is 0 Å². The molecule has 0 atom stereocenters. The van der Waals surface area contributed by atoms with Crippen molar-refractivity contribution in [3.63, 3.8) is 0 Å². The van der Waals surface area contributed by atoms with E-state index in [2.05, 4.69) is 10.2 Å². The first-order chi connectivity index (χ1) is 7.84. The Labute approximate surface area is 96.0 Å². The summed E-state index contributed by atoms with van der Waals surface area (Å²) in [5.74, 6) is 2.70. The van der Waals surface area contributed by atoms with Gasteiger partial charge in [-0.15, -0.1) is 0 Å². The van der Waals surface area contributed by atoms with Gasteiger partial charge in [0.2, 0.25) is 0 Å². The molecule has 3 N–H and O–H groups in total. The fourth-order valence-corrected chi connectivity index (χ4v) is 3.02. The first-order valence-corrected chi connectivity index (χ1v) is 6.47. The van der Waals surface area contributed by atoms with Gasteiger partial charge in [0.25, 0.3) is 0 Å². The third kappa shape index (κ3) is 1.47. The van der Waals surface area contributed by atoms with Crippen molar-refractivity contribution in [1.29, 1.82) is 0 Å². The van der Waals surface area contributed by atoms with Gasteiger partial charge in [0.05, 0.1) is 0 Å². The van der Waals surface area contributed by atoms with Gasteiger partial charge < -0.3 is 5.73 Å². The smallest absolute Gasteiger partial charge is 0.158 e. The standard InChI is InChI=1S/C12H20N4/c13-8-12(6-3-7-12)11-14-10(15-16-11)9-4-1-2-5-9/h9H,1-8,13H2,(H,14,15,16). The molecule has 88 valence electrons. The number of H-pyrrole nitrogens is 1. The van der Waals surface area contributed by atoms with E-state index in [1.54, 1.807) is 0 Å². The zero-order valence-electron chi connectivity index (χ0n) is 9.71. The van der Waals surface area contributed by atoms with Crippen LogP contribution in [0.3, 0.4) is 0 Å². The highest BCUT2D eigenvalue weighted by atomic mass is 15.2. The second-order valence-corrected chi connectivity index (χ2v) is 5.36. The number of rotatable bonds is 3. The second kappa shape index (κ2) is 3.84. The molecule has 0 spiro atoms. The topological polar surface area (TPSA) is 67.6 Å². The number of hydrogen-bond donors (Lipinski definition) is 2. The highest BCUT2D eigenvalue weighted by Gasteiger charge is 2.41. The Balaban J connectivity index is 1.81. The molecule has 0 amide bonds. The lowest BCUT2D eigenvalue weighted by Crippen LogP contribution is -2.42. The van der Waals surface area contributed by atoms with Crippen molar-refractivity contribution in [2.24, 2.45) is 5.73 Å². The predicted molar refractivity (Wildman–Crippen MR) is 62.2 cm³/mol. The Kier molecular flexibility index (Phi) is 2.46. The van der Waals surface area contributed by atoms with E-state index >= 15 is 0 Å². The molecule has 0 bridgehead atoms. The van der Waals surface area contributed by atoms with Gasteiger partial charge in [-0.2, -0.15) is 5.10 Å². The SMILES string of the molecule is NCC1(c2n[nH]c(C3CCCC3)n2)CCC1. The fraction of sp³-hybridized carbons (Fsp3) is 0.833. The largest absolute Gasteiger partial charge is 0.329 e. The van der Waals surface area contributed by atoms with Crippen LogP contribution in [0.1, 0.15) is 62.5 Å². The molecular formula is C12H20N4. The van der Waals surface area contributed by atoms with E-state index in [0.29, 0.717) is 12.5 Å². The number of aromatic amines is 1. The highest BCUT2D eigenvalue weighted by molar-refractivity contribution is 5.15. The number of nitrogens with zero attached hydrogens (tertiary/aromatic N) is 2. The van der Waals surface area contributed by atoms with Crippen LogP contribution in [-0.4, -0.2) is 21.7 Å². The lowest BCUT2D eigenvalue weighted by atomic mass is 9.68. The van der Waals surface area contributed by atoms with Crippen LogP contribution >= 0.6 is 0 Å². The van der Waals surface area contributed by atoms with Crippen molar-refractivity contribution in [3.05, 3.63) is 11.6 Å². The molecule has 0 aromatic carbocycles. The molecule has 2 saturated carbocycles. The van der Waals surface area contributed by atoms with Crippen LogP contribution in [0.4, 0.5) is 0 Å². The van der Waals surface area contributed by atoms with Crippen LogP contribution in [0.5, 0.6) is 0 Å². The average molecular weight is 220 g/mol. The Morgan fingerprint density at radius 3 is 2.56 bits per heavy atom. The number of nitrogens with two attached hydrogens (primary N) is 1. The van der Waals surface area contributed by atoms with Crippen LogP contribution < -0.4 is 5.73 Å². The van der Waals surface area contributed by atoms with Gasteiger partial charge in [-0.25, -0.2) is 4.98 Å². The summed E-state index contributed by atoms with van der Waals surface area (Å²) in [5, 5.41) is 7.55. The van der Waals surface area contributed by atoms with Crippen molar-refractivity contribution in [2.75, 3.05) is 6.54 Å². The molecule has 0 saturated heterocycles. The number of hydrogen-bond acceptors (Lipinski definition) is 3. The van der Waals surface area contributed by atoms with E-state index in [-0.39, 0.29) is 5.41 Å². The molecule has 2 aliphatic carbocycles. The maximum absolute atomic E-state index is 5.87. The summed E-state index contributed by atoms with van der Waals surface area (Å²) in [5.41, 5.74) is 5.97. The second-order valence-electron chi connectivity index (χ2n) is 5.36. The summed E-state index contributed by atoms with van der Waals surface area (Å²) >= 11 is 0. The van der Waals surface area contributed by atoms with Crippen LogP contribution in [0.2, 0.25) is 0 Å². The lowest BCUT2D eigenvalue weighted by Gasteiger charge is -2.38. The predicted octanol–water partition coefficient (Wildman–Crippen LogP) is 1.84. The molecule has 0 unspecified atom stereocenters. The van der Waals surface area contributed by atoms with Crippen LogP contribution in [-0.2, 0) is 5.41 Å². The van der Waals surface area contributed by atoms with Crippen molar-refractivity contribution in [2.45, 2.75) is 56.3 Å². The highest BCUT2D eigenvalue weighted by Crippen LogP contribution is 2.42. The molecule has 2 fully saturated rings. The Morgan fingerprint density at radius 1 is 1.25 bits per heavy atom. The van der Waals surface area contributed by atoms with Crippen LogP contribution in [0, 0.1) is 0 Å². The minimum atomic E-state index is 0.105. The summed E-state index contributed by atoms with van der Waals surface area (Å²) in [6.07, 6.45) is 8.79. The molecule has 0 radical (unpaired) electrons. The Morgan fingerprint density at radius 2 is 2.00 bits per heavy atom. The quantitative estimate of drug-likeness (QED) is 0.816. The zero-order chi connectivity index (χ0) is 11.0. The molecule has 16 heavy (non-hydrogen) atoms. The van der Waals surface area contributed by atoms with E-state index in [9.17, 15) is 0 Å². The van der Waals surface area contributed by atoms with Crippen LogP contribution in [0.15, 0.2) is 0 Å². The maximum atomic E-state index is 5.87. The molecule has 1 aromatic heterocycles. The van der Waals surface area contributed by atoms with Crippen LogP contribution in [0.25, 0.3) is 0 Å². The molecule has 0 aliphatic heterocycles. The minimum Gasteiger partial charge on any atom is -0.329 e. The van der Waals surface area contributed by atoms with Gasteiger partial charge in [-0.3, -0.25) is 5.10 Å². The summed E-state index contributed by atoms with van der Waals surface area (Å²) in [4.78, 5) is 4.71. The first-order valence-electron chi connectivity index (χ1n) is 6.47. The number of aromatic nitrogens is 3. The fourth-order valence-electron chi connectivity index (χ4n) is 3.02. The minimum absolute atomic E-state index is 0.105. The van der Waals surface area contributed by atoms with Gasteiger partial charge in [0.1, 0.15) is 5.82 Å². The summed E-state index contributed by atoms with van der Waals surface area (Å²) < 4.78 is 0. The molecule has 1 aromatic rings. The average Bonchev–Trinajstić information content (AvgIpc) is 2.86. The number of nitrogens with one attached hydrogen (secondary N) is 1. The molecule has 3 rings (SSSR count). The van der Waals surface area contributed by atoms with Crippen molar-refractivity contribution in [3.8, 4) is 0 Å². The van der Waals surface area contributed by atoms with Crippen molar-refractivity contribution < 1.29 is 0 Å². The third-order valence-electron chi connectivity index (χ3n) is 4.42. The lowest BCUT2D eigenvalue weighted by molar-refractivity contribution is 0.238. The third-order valence-corrected chi connectivity index (χ3v) is 4.42. The van der Waals surface area contributed by atoms with Gasteiger partial charge in [-0.05, 0) is 25.7 Å². The normalized spacial score (nSPS) is 24.6.